The van der Waals surface area contributed by atoms with Gasteiger partial charge in [-0.1, -0.05) is 18.2 Å². The van der Waals surface area contributed by atoms with E-state index in [2.05, 4.69) is 27.4 Å². The third-order valence-electron chi connectivity index (χ3n) is 3.67. The van der Waals surface area contributed by atoms with Crippen molar-refractivity contribution in [3.63, 3.8) is 0 Å². The van der Waals surface area contributed by atoms with E-state index in [1.54, 1.807) is 6.33 Å². The van der Waals surface area contributed by atoms with Gasteiger partial charge in [-0.2, -0.15) is 0 Å². The zero-order valence-electron chi connectivity index (χ0n) is 12.2. The first-order chi connectivity index (χ1) is 10.3. The van der Waals surface area contributed by atoms with Gasteiger partial charge in [0.25, 0.3) is 0 Å². The first kappa shape index (κ1) is 13.8. The van der Waals surface area contributed by atoms with Gasteiger partial charge in [0.05, 0.1) is 6.10 Å². The molecule has 1 atom stereocenters. The quantitative estimate of drug-likeness (QED) is 0.915. The number of anilines is 3. The van der Waals surface area contributed by atoms with E-state index in [-0.39, 0.29) is 0 Å². The topological polar surface area (TPSA) is 50.3 Å². The Balaban J connectivity index is 1.67. The Labute approximate surface area is 125 Å². The molecule has 5 nitrogen and oxygen atoms in total. The fourth-order valence-electron chi connectivity index (χ4n) is 2.43. The van der Waals surface area contributed by atoms with Crippen molar-refractivity contribution in [2.75, 3.05) is 30.4 Å². The average molecular weight is 284 g/mol. The van der Waals surface area contributed by atoms with E-state index < -0.39 is 0 Å². The second kappa shape index (κ2) is 6.54. The SMILES string of the molecule is CN(c1ccccc1)c1cc(NCC2CCCO2)ncn1. The molecule has 5 heteroatoms. The third kappa shape index (κ3) is 3.49. The highest BCUT2D eigenvalue weighted by molar-refractivity contribution is 5.61. The lowest BCUT2D eigenvalue weighted by atomic mass is 10.2. The van der Waals surface area contributed by atoms with E-state index in [1.807, 2.05) is 36.2 Å². The maximum atomic E-state index is 5.61. The first-order valence-electron chi connectivity index (χ1n) is 7.29. The van der Waals surface area contributed by atoms with Crippen LogP contribution in [0.1, 0.15) is 12.8 Å². The highest BCUT2D eigenvalue weighted by atomic mass is 16.5. The Kier molecular flexibility index (Phi) is 4.31. The second-order valence-corrected chi connectivity index (χ2v) is 5.17. The Morgan fingerprint density at radius 3 is 2.90 bits per heavy atom. The van der Waals surface area contributed by atoms with Crippen molar-refractivity contribution in [1.82, 2.24) is 9.97 Å². The molecule has 110 valence electrons. The third-order valence-corrected chi connectivity index (χ3v) is 3.67. The highest BCUT2D eigenvalue weighted by Crippen LogP contribution is 2.22. The molecule has 1 N–H and O–H groups in total. The normalized spacial score (nSPS) is 17.7. The average Bonchev–Trinajstić information content (AvgIpc) is 3.07. The number of ether oxygens (including phenoxy) is 1. The van der Waals surface area contributed by atoms with Crippen LogP contribution in [0.5, 0.6) is 0 Å². The Bertz CT molecular complexity index is 569. The molecule has 0 spiro atoms. The van der Waals surface area contributed by atoms with Gasteiger partial charge < -0.3 is 15.0 Å². The van der Waals surface area contributed by atoms with Gasteiger partial charge in [0.1, 0.15) is 18.0 Å². The van der Waals surface area contributed by atoms with Gasteiger partial charge in [-0.3, -0.25) is 0 Å². The maximum Gasteiger partial charge on any atom is 0.138 e. The van der Waals surface area contributed by atoms with Crippen LogP contribution in [0.4, 0.5) is 17.3 Å². The standard InChI is InChI=1S/C16H20N4O/c1-20(13-6-3-2-4-7-13)16-10-15(18-12-19-16)17-11-14-8-5-9-21-14/h2-4,6-7,10,12,14H,5,8-9,11H2,1H3,(H,17,18,19). The van der Waals surface area contributed by atoms with Crippen molar-refractivity contribution in [1.29, 1.82) is 0 Å². The fraction of sp³-hybridized carbons (Fsp3) is 0.375. The maximum absolute atomic E-state index is 5.61. The highest BCUT2D eigenvalue weighted by Gasteiger charge is 2.15. The number of hydrogen-bond donors (Lipinski definition) is 1. The van der Waals surface area contributed by atoms with E-state index in [9.17, 15) is 0 Å². The predicted molar refractivity (Wildman–Crippen MR) is 84.0 cm³/mol. The van der Waals surface area contributed by atoms with Crippen LogP contribution in [0.2, 0.25) is 0 Å². The van der Waals surface area contributed by atoms with E-state index in [4.69, 9.17) is 4.74 Å². The van der Waals surface area contributed by atoms with Crippen molar-refractivity contribution in [3.8, 4) is 0 Å². The molecule has 2 aromatic rings. The van der Waals surface area contributed by atoms with E-state index in [1.165, 1.54) is 0 Å². The molecule has 1 aliphatic heterocycles. The lowest BCUT2D eigenvalue weighted by Crippen LogP contribution is -2.19. The van der Waals surface area contributed by atoms with Crippen molar-refractivity contribution < 1.29 is 4.74 Å². The Morgan fingerprint density at radius 1 is 1.29 bits per heavy atom. The molecule has 1 saturated heterocycles. The number of nitrogens with zero attached hydrogens (tertiary/aromatic N) is 3. The van der Waals surface area contributed by atoms with Gasteiger partial charge in [0.2, 0.25) is 0 Å². The van der Waals surface area contributed by atoms with Crippen LogP contribution < -0.4 is 10.2 Å². The summed E-state index contributed by atoms with van der Waals surface area (Å²) in [6, 6.07) is 12.1. The number of para-hydroxylation sites is 1. The van der Waals surface area contributed by atoms with E-state index >= 15 is 0 Å². The minimum absolute atomic E-state index is 0.301. The first-order valence-corrected chi connectivity index (χ1v) is 7.29. The van der Waals surface area contributed by atoms with Gasteiger partial charge in [-0.25, -0.2) is 9.97 Å². The molecule has 1 fully saturated rings. The van der Waals surface area contributed by atoms with Gasteiger partial charge in [0.15, 0.2) is 0 Å². The summed E-state index contributed by atoms with van der Waals surface area (Å²) in [6.45, 7) is 1.67. The summed E-state index contributed by atoms with van der Waals surface area (Å²) in [4.78, 5) is 10.7. The van der Waals surface area contributed by atoms with Crippen LogP contribution in [-0.2, 0) is 4.74 Å². The smallest absolute Gasteiger partial charge is 0.138 e. The predicted octanol–water partition coefficient (Wildman–Crippen LogP) is 2.84. The number of aromatic nitrogens is 2. The molecule has 0 bridgehead atoms. The van der Waals surface area contributed by atoms with Crippen LogP contribution in [-0.4, -0.2) is 36.3 Å². The van der Waals surface area contributed by atoms with Gasteiger partial charge in [-0.15, -0.1) is 0 Å². The second-order valence-electron chi connectivity index (χ2n) is 5.17. The lowest BCUT2D eigenvalue weighted by Gasteiger charge is -2.19. The summed E-state index contributed by atoms with van der Waals surface area (Å²) in [5.74, 6) is 1.70. The molecule has 3 rings (SSSR count). The van der Waals surface area contributed by atoms with Gasteiger partial charge in [0, 0.05) is 32.0 Å². The summed E-state index contributed by atoms with van der Waals surface area (Å²) in [6.07, 6.45) is 4.16. The molecular weight excluding hydrogens is 264 g/mol. The molecule has 0 amide bonds. The van der Waals surface area contributed by atoms with Crippen LogP contribution in [0.3, 0.4) is 0 Å². The van der Waals surface area contributed by atoms with Crippen molar-refractivity contribution >= 4 is 17.3 Å². The van der Waals surface area contributed by atoms with Crippen LogP contribution in [0.25, 0.3) is 0 Å². The van der Waals surface area contributed by atoms with Crippen molar-refractivity contribution in [3.05, 3.63) is 42.7 Å². The Hall–Kier alpha value is -2.14. The zero-order chi connectivity index (χ0) is 14.5. The summed E-state index contributed by atoms with van der Waals surface area (Å²) in [7, 11) is 2.00. The molecule has 1 aromatic carbocycles. The largest absolute Gasteiger partial charge is 0.376 e. The molecule has 0 aliphatic carbocycles. The summed E-state index contributed by atoms with van der Waals surface area (Å²) in [5.41, 5.74) is 1.10. The molecule has 21 heavy (non-hydrogen) atoms. The van der Waals surface area contributed by atoms with Crippen LogP contribution in [0, 0.1) is 0 Å². The van der Waals surface area contributed by atoms with Gasteiger partial charge >= 0.3 is 0 Å². The zero-order valence-corrected chi connectivity index (χ0v) is 12.2. The summed E-state index contributed by atoms with van der Waals surface area (Å²) in [5, 5.41) is 3.33. The van der Waals surface area contributed by atoms with Crippen LogP contribution >= 0.6 is 0 Å². The Morgan fingerprint density at radius 2 is 2.14 bits per heavy atom. The fourth-order valence-corrected chi connectivity index (χ4v) is 2.43. The molecule has 0 saturated carbocycles. The molecule has 1 aromatic heterocycles. The van der Waals surface area contributed by atoms with E-state index in [0.717, 1.165) is 43.3 Å². The molecule has 2 heterocycles. The molecular formula is C16H20N4O. The molecule has 1 aliphatic rings. The minimum atomic E-state index is 0.301. The summed E-state index contributed by atoms with van der Waals surface area (Å²) < 4.78 is 5.61. The monoisotopic (exact) mass is 284 g/mol. The number of benzene rings is 1. The number of nitrogens with one attached hydrogen (secondary N) is 1. The number of hydrogen-bond acceptors (Lipinski definition) is 5. The van der Waals surface area contributed by atoms with Crippen molar-refractivity contribution in [2.45, 2.75) is 18.9 Å². The van der Waals surface area contributed by atoms with Gasteiger partial charge in [-0.05, 0) is 25.0 Å². The van der Waals surface area contributed by atoms with E-state index in [0.29, 0.717) is 6.10 Å². The minimum Gasteiger partial charge on any atom is -0.376 e. The number of rotatable bonds is 5. The lowest BCUT2D eigenvalue weighted by molar-refractivity contribution is 0.120. The van der Waals surface area contributed by atoms with Crippen LogP contribution in [0.15, 0.2) is 42.7 Å². The van der Waals surface area contributed by atoms with Crippen molar-refractivity contribution in [2.24, 2.45) is 0 Å². The molecule has 1 unspecified atom stereocenters. The summed E-state index contributed by atoms with van der Waals surface area (Å²) >= 11 is 0. The molecule has 0 radical (unpaired) electrons.